The number of H-pyrrole nitrogens is 2. The fraction of sp³-hybridized carbons (Fsp3) is 0.417. The van der Waals surface area contributed by atoms with Crippen LogP contribution in [0.1, 0.15) is 26.1 Å². The average Bonchev–Trinajstić information content (AvgIpc) is 2.89. The molecule has 0 radical (unpaired) electrons. The Morgan fingerprint density at radius 1 is 1.38 bits per heavy atom. The number of hydrogen-bond acceptors (Lipinski definition) is 2. The number of nitrogens with two attached hydrogens (primary N) is 1. The van der Waals surface area contributed by atoms with Crippen LogP contribution in [0.25, 0.3) is 11.4 Å². The van der Waals surface area contributed by atoms with E-state index in [1.807, 2.05) is 24.5 Å². The molecule has 0 aliphatic heterocycles. The van der Waals surface area contributed by atoms with Crippen molar-refractivity contribution in [3.05, 3.63) is 30.4 Å². The molecule has 0 amide bonds. The van der Waals surface area contributed by atoms with E-state index in [1.165, 1.54) is 0 Å². The maximum atomic E-state index is 5.61. The van der Waals surface area contributed by atoms with Crippen LogP contribution < -0.4 is 5.73 Å². The molecule has 0 saturated carbocycles. The third kappa shape index (κ3) is 2.02. The second kappa shape index (κ2) is 4.14. The molecule has 2 heterocycles. The van der Waals surface area contributed by atoms with E-state index in [9.17, 15) is 0 Å². The van der Waals surface area contributed by atoms with Crippen LogP contribution in [0.4, 0.5) is 0 Å². The Kier molecular flexibility index (Phi) is 2.83. The van der Waals surface area contributed by atoms with E-state index in [-0.39, 0.29) is 5.41 Å². The molecule has 0 aliphatic carbocycles. The molecule has 2 rings (SSSR count). The molecule has 16 heavy (non-hydrogen) atoms. The summed E-state index contributed by atoms with van der Waals surface area (Å²) in [6.07, 6.45) is 4.69. The topological polar surface area (TPSA) is 70.5 Å². The smallest absolute Gasteiger partial charge is 0.112 e. The zero-order valence-electron chi connectivity index (χ0n) is 9.75. The first-order chi connectivity index (χ1) is 7.63. The average molecular weight is 218 g/mol. The summed E-state index contributed by atoms with van der Waals surface area (Å²) in [7, 11) is 0. The monoisotopic (exact) mass is 218 g/mol. The van der Waals surface area contributed by atoms with Crippen molar-refractivity contribution in [3.63, 3.8) is 0 Å². The first kappa shape index (κ1) is 11.0. The van der Waals surface area contributed by atoms with Gasteiger partial charge in [0.15, 0.2) is 0 Å². The molecule has 0 unspecified atom stereocenters. The van der Waals surface area contributed by atoms with Gasteiger partial charge in [0, 0.05) is 11.6 Å². The second-order valence-corrected chi connectivity index (χ2v) is 4.65. The van der Waals surface area contributed by atoms with E-state index >= 15 is 0 Å². The van der Waals surface area contributed by atoms with Crippen molar-refractivity contribution in [2.45, 2.75) is 25.7 Å². The van der Waals surface area contributed by atoms with Gasteiger partial charge in [-0.1, -0.05) is 13.8 Å². The molecule has 0 fully saturated rings. The van der Waals surface area contributed by atoms with Crippen LogP contribution >= 0.6 is 0 Å². The predicted octanol–water partition coefficient (Wildman–Crippen LogP) is 2.03. The molecular weight excluding hydrogens is 200 g/mol. The van der Waals surface area contributed by atoms with Crippen molar-refractivity contribution < 1.29 is 0 Å². The Labute approximate surface area is 95.3 Å². The number of nitrogens with zero attached hydrogens (tertiary/aromatic N) is 1. The quantitative estimate of drug-likeness (QED) is 0.734. The van der Waals surface area contributed by atoms with Crippen molar-refractivity contribution in [1.29, 1.82) is 0 Å². The molecule has 0 aromatic carbocycles. The standard InChI is InChI=1S/C12H18N4/c1-12(2,5-6-13)11-15-8-10(16-11)9-4-3-7-14-9/h3-4,7-8,14H,5-6,13H2,1-2H3,(H,15,16). The minimum Gasteiger partial charge on any atom is -0.360 e. The summed E-state index contributed by atoms with van der Waals surface area (Å²) in [6, 6.07) is 3.99. The van der Waals surface area contributed by atoms with Crippen molar-refractivity contribution in [2.24, 2.45) is 5.73 Å². The molecule has 2 aromatic heterocycles. The molecule has 4 N–H and O–H groups in total. The predicted molar refractivity (Wildman–Crippen MR) is 65.1 cm³/mol. The van der Waals surface area contributed by atoms with E-state index in [2.05, 4.69) is 28.8 Å². The van der Waals surface area contributed by atoms with Gasteiger partial charge in [0.2, 0.25) is 0 Å². The molecule has 4 heteroatoms. The Hall–Kier alpha value is -1.55. The lowest BCUT2D eigenvalue weighted by molar-refractivity contribution is 0.462. The normalized spacial score (nSPS) is 11.9. The van der Waals surface area contributed by atoms with E-state index in [4.69, 9.17) is 5.73 Å². The second-order valence-electron chi connectivity index (χ2n) is 4.65. The van der Waals surface area contributed by atoms with Crippen LogP contribution in [0.3, 0.4) is 0 Å². The van der Waals surface area contributed by atoms with Gasteiger partial charge in [-0.05, 0) is 25.1 Å². The highest BCUT2D eigenvalue weighted by atomic mass is 14.9. The summed E-state index contributed by atoms with van der Waals surface area (Å²) < 4.78 is 0. The van der Waals surface area contributed by atoms with Gasteiger partial charge in [-0.2, -0.15) is 0 Å². The highest BCUT2D eigenvalue weighted by Gasteiger charge is 2.23. The number of nitrogens with one attached hydrogen (secondary N) is 2. The Bertz CT molecular complexity index is 439. The third-order valence-electron chi connectivity index (χ3n) is 2.87. The Morgan fingerprint density at radius 2 is 2.19 bits per heavy atom. The van der Waals surface area contributed by atoms with Gasteiger partial charge in [-0.25, -0.2) is 4.98 Å². The van der Waals surface area contributed by atoms with Gasteiger partial charge in [-0.3, -0.25) is 0 Å². The van der Waals surface area contributed by atoms with E-state index in [0.717, 1.165) is 23.6 Å². The van der Waals surface area contributed by atoms with Crippen molar-refractivity contribution in [3.8, 4) is 11.4 Å². The first-order valence-electron chi connectivity index (χ1n) is 5.53. The number of aromatic amines is 2. The Morgan fingerprint density at radius 3 is 2.81 bits per heavy atom. The zero-order chi connectivity index (χ0) is 11.6. The molecule has 2 aromatic rings. The molecule has 86 valence electrons. The van der Waals surface area contributed by atoms with E-state index in [0.29, 0.717) is 6.54 Å². The maximum absolute atomic E-state index is 5.61. The van der Waals surface area contributed by atoms with Gasteiger partial charge in [0.05, 0.1) is 17.6 Å². The minimum absolute atomic E-state index is 0.000404. The molecule has 4 nitrogen and oxygen atoms in total. The summed E-state index contributed by atoms with van der Waals surface area (Å²) in [4.78, 5) is 10.9. The summed E-state index contributed by atoms with van der Waals surface area (Å²) >= 11 is 0. The maximum Gasteiger partial charge on any atom is 0.112 e. The van der Waals surface area contributed by atoms with E-state index < -0.39 is 0 Å². The largest absolute Gasteiger partial charge is 0.360 e. The van der Waals surface area contributed by atoms with Gasteiger partial charge >= 0.3 is 0 Å². The van der Waals surface area contributed by atoms with Crippen LogP contribution in [0, 0.1) is 0 Å². The fourth-order valence-electron chi connectivity index (χ4n) is 1.78. The number of rotatable bonds is 4. The molecule has 0 spiro atoms. The number of imidazole rings is 1. The van der Waals surface area contributed by atoms with Crippen LogP contribution in [0.15, 0.2) is 24.5 Å². The van der Waals surface area contributed by atoms with Crippen molar-refractivity contribution in [1.82, 2.24) is 15.0 Å². The third-order valence-corrected chi connectivity index (χ3v) is 2.87. The minimum atomic E-state index is -0.000404. The van der Waals surface area contributed by atoms with Gasteiger partial charge in [0.25, 0.3) is 0 Å². The van der Waals surface area contributed by atoms with Gasteiger partial charge < -0.3 is 15.7 Å². The van der Waals surface area contributed by atoms with Crippen LogP contribution in [0.5, 0.6) is 0 Å². The summed E-state index contributed by atoms with van der Waals surface area (Å²) in [5.74, 6) is 0.988. The lowest BCUT2D eigenvalue weighted by Gasteiger charge is -2.20. The highest BCUT2D eigenvalue weighted by Crippen LogP contribution is 2.25. The van der Waals surface area contributed by atoms with Crippen molar-refractivity contribution >= 4 is 0 Å². The fourth-order valence-corrected chi connectivity index (χ4v) is 1.78. The highest BCUT2D eigenvalue weighted by molar-refractivity contribution is 5.53. The number of hydrogen-bond donors (Lipinski definition) is 3. The summed E-state index contributed by atoms with van der Waals surface area (Å²) in [6.45, 7) is 4.97. The lowest BCUT2D eigenvalue weighted by Crippen LogP contribution is -2.23. The molecule has 0 saturated heterocycles. The van der Waals surface area contributed by atoms with Crippen LogP contribution in [-0.4, -0.2) is 21.5 Å². The van der Waals surface area contributed by atoms with Crippen LogP contribution in [0.2, 0.25) is 0 Å². The lowest BCUT2D eigenvalue weighted by atomic mass is 9.88. The molecule has 0 aliphatic rings. The molecule has 0 atom stereocenters. The SMILES string of the molecule is CC(C)(CCN)c1ncc(-c2ccc[nH]2)[nH]1. The Balaban J connectivity index is 2.26. The molecule has 0 bridgehead atoms. The van der Waals surface area contributed by atoms with Crippen molar-refractivity contribution in [2.75, 3.05) is 6.54 Å². The molecular formula is C12H18N4. The number of aromatic nitrogens is 3. The van der Waals surface area contributed by atoms with Gasteiger partial charge in [-0.15, -0.1) is 0 Å². The van der Waals surface area contributed by atoms with E-state index in [1.54, 1.807) is 0 Å². The van der Waals surface area contributed by atoms with Crippen LogP contribution in [-0.2, 0) is 5.41 Å². The summed E-state index contributed by atoms with van der Waals surface area (Å²) in [5, 5.41) is 0. The summed E-state index contributed by atoms with van der Waals surface area (Å²) in [5.41, 5.74) is 7.68. The van der Waals surface area contributed by atoms with Gasteiger partial charge in [0.1, 0.15) is 5.82 Å². The zero-order valence-corrected chi connectivity index (χ0v) is 9.75. The first-order valence-corrected chi connectivity index (χ1v) is 5.53.